The molecule has 0 spiro atoms. The van der Waals surface area contributed by atoms with Crippen LogP contribution in [-0.4, -0.2) is 22.1 Å². The summed E-state index contributed by atoms with van der Waals surface area (Å²) in [5, 5.41) is 6.83. The monoisotopic (exact) mass is 300 g/mol. The van der Waals surface area contributed by atoms with Crippen LogP contribution in [0.5, 0.6) is 0 Å². The third-order valence-electron chi connectivity index (χ3n) is 2.13. The Morgan fingerprint density at radius 1 is 1.33 bits per heavy atom. The van der Waals surface area contributed by atoms with E-state index in [1.165, 1.54) is 5.56 Å². The van der Waals surface area contributed by atoms with Gasteiger partial charge in [-0.3, -0.25) is 0 Å². The van der Waals surface area contributed by atoms with Crippen LogP contribution in [0.15, 0.2) is 30.3 Å². The third kappa shape index (κ3) is 6.78. The van der Waals surface area contributed by atoms with Gasteiger partial charge in [-0.05, 0) is 36.9 Å². The van der Waals surface area contributed by atoms with Crippen LogP contribution in [0.4, 0.5) is 0 Å². The molecule has 0 aliphatic carbocycles. The highest BCUT2D eigenvalue weighted by atomic mass is 32.1. The van der Waals surface area contributed by atoms with Crippen LogP contribution >= 0.6 is 37.1 Å². The molecule has 0 aromatic heterocycles. The maximum atomic E-state index is 5.18. The van der Waals surface area contributed by atoms with Crippen molar-refractivity contribution in [2.45, 2.75) is 19.5 Å². The molecule has 0 aliphatic heterocycles. The Labute approximate surface area is 124 Å². The van der Waals surface area contributed by atoms with Crippen molar-refractivity contribution in [1.82, 2.24) is 10.6 Å². The lowest BCUT2D eigenvalue weighted by Gasteiger charge is -2.17. The predicted molar refractivity (Wildman–Crippen MR) is 86.0 cm³/mol. The third-order valence-corrected chi connectivity index (χ3v) is 2.64. The molecule has 3 nitrogen and oxygen atoms in total. The molecule has 0 fully saturated rings. The second-order valence-electron chi connectivity index (χ2n) is 3.79. The van der Waals surface area contributed by atoms with Crippen molar-refractivity contribution in [2.75, 3.05) is 6.61 Å². The second kappa shape index (κ2) is 8.29. The number of nitrogens with one attached hydrogen (secondary N) is 2. The first kappa shape index (κ1) is 15.2. The molecule has 0 amide bonds. The molecule has 0 aliphatic rings. The van der Waals surface area contributed by atoms with Gasteiger partial charge in [-0.1, -0.05) is 43.0 Å². The molecule has 0 saturated carbocycles. The summed E-state index contributed by atoms with van der Waals surface area (Å²) in [6, 6.07) is 10.1. The molecule has 0 saturated heterocycles. The van der Waals surface area contributed by atoms with Gasteiger partial charge in [0.1, 0.15) is 6.61 Å². The van der Waals surface area contributed by atoms with Gasteiger partial charge in [-0.2, -0.15) is 0 Å². The van der Waals surface area contributed by atoms with Crippen molar-refractivity contribution < 1.29 is 4.74 Å². The summed E-state index contributed by atoms with van der Waals surface area (Å²) in [5.41, 5.74) is 1.18. The van der Waals surface area contributed by atoms with Crippen LogP contribution in [0, 0.1) is 0 Å². The number of thiocarbonyl (C=S) groups is 2. The highest BCUT2D eigenvalue weighted by molar-refractivity contribution is 8.10. The molecule has 1 atom stereocenters. The molecule has 98 valence electrons. The maximum absolute atomic E-state index is 5.18. The first-order valence-electron chi connectivity index (χ1n) is 5.52. The number of hydrogen-bond donors (Lipinski definition) is 3. The minimum absolute atomic E-state index is 0.0749. The van der Waals surface area contributed by atoms with Crippen molar-refractivity contribution >= 4 is 46.6 Å². The predicted octanol–water partition coefficient (Wildman–Crippen LogP) is 2.27. The first-order chi connectivity index (χ1) is 8.58. The molecule has 0 bridgehead atoms. The highest BCUT2D eigenvalue weighted by Gasteiger charge is 2.04. The van der Waals surface area contributed by atoms with Gasteiger partial charge in [-0.25, -0.2) is 0 Å². The van der Waals surface area contributed by atoms with Crippen LogP contribution < -0.4 is 10.6 Å². The van der Waals surface area contributed by atoms with Crippen molar-refractivity contribution in [3.8, 4) is 0 Å². The lowest BCUT2D eigenvalue weighted by Crippen LogP contribution is -2.42. The molecule has 2 N–H and O–H groups in total. The fraction of sp³-hybridized carbons (Fsp3) is 0.333. The van der Waals surface area contributed by atoms with E-state index in [2.05, 4.69) is 23.3 Å². The standard InChI is InChI=1S/C12H16N2OS3/c1-9(8-15-12(17)18)14-11(16)13-7-10-5-3-2-4-6-10/h2-6,9H,7-8H2,1H3,(H,17,18)(H2,13,14,16). The molecule has 18 heavy (non-hydrogen) atoms. The normalized spacial score (nSPS) is 11.4. The van der Waals surface area contributed by atoms with E-state index in [-0.39, 0.29) is 10.4 Å². The zero-order valence-electron chi connectivity index (χ0n) is 10.1. The van der Waals surface area contributed by atoms with E-state index in [4.69, 9.17) is 29.2 Å². The number of ether oxygens (including phenoxy) is 1. The van der Waals surface area contributed by atoms with Crippen LogP contribution in [-0.2, 0) is 11.3 Å². The number of benzene rings is 1. The van der Waals surface area contributed by atoms with Gasteiger partial charge in [0.05, 0.1) is 6.04 Å². The van der Waals surface area contributed by atoms with E-state index in [9.17, 15) is 0 Å². The molecule has 1 aromatic carbocycles. The second-order valence-corrected chi connectivity index (χ2v) is 5.28. The highest BCUT2D eigenvalue weighted by Crippen LogP contribution is 1.97. The van der Waals surface area contributed by atoms with Crippen molar-refractivity contribution in [2.24, 2.45) is 0 Å². The summed E-state index contributed by atoms with van der Waals surface area (Å²) in [7, 11) is 0. The number of rotatable bonds is 5. The van der Waals surface area contributed by atoms with Gasteiger partial charge in [0.15, 0.2) is 5.11 Å². The molecule has 1 aromatic rings. The minimum atomic E-state index is 0.0749. The van der Waals surface area contributed by atoms with E-state index >= 15 is 0 Å². The van der Waals surface area contributed by atoms with Gasteiger partial charge in [-0.15, -0.1) is 0 Å². The van der Waals surface area contributed by atoms with Crippen molar-refractivity contribution in [3.63, 3.8) is 0 Å². The maximum Gasteiger partial charge on any atom is 0.216 e. The van der Waals surface area contributed by atoms with Crippen LogP contribution in [0.3, 0.4) is 0 Å². The fourth-order valence-corrected chi connectivity index (χ4v) is 1.71. The van der Waals surface area contributed by atoms with E-state index in [1.807, 2.05) is 37.3 Å². The van der Waals surface area contributed by atoms with Gasteiger partial charge in [0.25, 0.3) is 0 Å². The Kier molecular flexibility index (Phi) is 7.00. The molecule has 1 rings (SSSR count). The summed E-state index contributed by atoms with van der Waals surface area (Å²) >= 11 is 13.8. The van der Waals surface area contributed by atoms with Crippen molar-refractivity contribution in [1.29, 1.82) is 0 Å². The van der Waals surface area contributed by atoms with Gasteiger partial charge in [0, 0.05) is 6.54 Å². The summed E-state index contributed by atoms with van der Waals surface area (Å²) < 4.78 is 5.36. The van der Waals surface area contributed by atoms with Crippen molar-refractivity contribution in [3.05, 3.63) is 35.9 Å². The first-order valence-corrected chi connectivity index (χ1v) is 6.78. The van der Waals surface area contributed by atoms with Gasteiger partial charge < -0.3 is 15.4 Å². The van der Waals surface area contributed by atoms with Gasteiger partial charge in [0.2, 0.25) is 4.38 Å². The molecule has 6 heteroatoms. The Balaban J connectivity index is 2.23. The van der Waals surface area contributed by atoms with Crippen LogP contribution in [0.25, 0.3) is 0 Å². The lowest BCUT2D eigenvalue weighted by molar-refractivity contribution is 0.289. The SMILES string of the molecule is CC(COC(=S)S)NC(=S)NCc1ccccc1. The molecule has 1 unspecified atom stereocenters. The smallest absolute Gasteiger partial charge is 0.216 e. The number of hydrogen-bond acceptors (Lipinski definition) is 3. The Morgan fingerprint density at radius 2 is 2.00 bits per heavy atom. The van der Waals surface area contributed by atoms with E-state index in [0.717, 1.165) is 0 Å². The minimum Gasteiger partial charge on any atom is -0.477 e. The Hall–Kier alpha value is -0.850. The van der Waals surface area contributed by atoms with E-state index < -0.39 is 0 Å². The average Bonchev–Trinajstić information content (AvgIpc) is 2.35. The Morgan fingerprint density at radius 3 is 2.61 bits per heavy atom. The molecular weight excluding hydrogens is 284 g/mol. The molecule has 0 radical (unpaired) electrons. The molecule has 0 heterocycles. The fourth-order valence-electron chi connectivity index (χ4n) is 1.29. The van der Waals surface area contributed by atoms with Gasteiger partial charge >= 0.3 is 0 Å². The summed E-state index contributed by atoms with van der Waals surface area (Å²) in [4.78, 5) is 0. The summed E-state index contributed by atoms with van der Waals surface area (Å²) in [6.45, 7) is 3.10. The number of thiol groups is 1. The Bertz CT molecular complexity index is 398. The molecular formula is C12H16N2OS3. The summed E-state index contributed by atoms with van der Waals surface area (Å²) in [6.07, 6.45) is 0. The lowest BCUT2D eigenvalue weighted by atomic mass is 10.2. The topological polar surface area (TPSA) is 33.3 Å². The van der Waals surface area contributed by atoms with Crippen LogP contribution in [0.2, 0.25) is 0 Å². The van der Waals surface area contributed by atoms with E-state index in [0.29, 0.717) is 18.3 Å². The zero-order chi connectivity index (χ0) is 13.4. The van der Waals surface area contributed by atoms with E-state index in [1.54, 1.807) is 0 Å². The average molecular weight is 300 g/mol. The zero-order valence-corrected chi connectivity index (χ0v) is 12.6. The largest absolute Gasteiger partial charge is 0.477 e. The van der Waals surface area contributed by atoms with Crippen LogP contribution in [0.1, 0.15) is 12.5 Å². The summed E-state index contributed by atoms with van der Waals surface area (Å²) in [5.74, 6) is 0. The quantitative estimate of drug-likeness (QED) is 0.574.